The van der Waals surface area contributed by atoms with Gasteiger partial charge in [-0.2, -0.15) is 13.2 Å². The third kappa shape index (κ3) is 4.34. The van der Waals surface area contributed by atoms with Gasteiger partial charge in [-0.3, -0.25) is 0 Å². The van der Waals surface area contributed by atoms with E-state index in [0.29, 0.717) is 28.6 Å². The first-order valence-corrected chi connectivity index (χ1v) is 7.54. The number of methoxy groups -OCH3 is 1. The third-order valence-corrected chi connectivity index (χ3v) is 3.46. The van der Waals surface area contributed by atoms with E-state index in [9.17, 15) is 13.2 Å². The van der Waals surface area contributed by atoms with Crippen LogP contribution in [0.4, 0.5) is 18.9 Å². The Hall–Kier alpha value is -2.90. The Balaban J connectivity index is 1.83. The molecule has 0 saturated carbocycles. The smallest absolute Gasteiger partial charge is 0.390 e. The number of benzene rings is 1. The second kappa shape index (κ2) is 6.92. The number of rotatable bonds is 6. The molecule has 3 rings (SSSR count). The molecule has 0 fully saturated rings. The summed E-state index contributed by atoms with van der Waals surface area (Å²) in [6.07, 6.45) is -0.173. The van der Waals surface area contributed by atoms with Crippen LogP contribution in [0.15, 0.2) is 48.9 Å². The summed E-state index contributed by atoms with van der Waals surface area (Å²) in [5.74, 6) is 1.66. The molecule has 0 aliphatic carbocycles. The van der Waals surface area contributed by atoms with Crippen LogP contribution in [-0.2, 0) is 0 Å². The summed E-state index contributed by atoms with van der Waals surface area (Å²) in [5.41, 5.74) is 0.995. The lowest BCUT2D eigenvalue weighted by Crippen LogP contribution is -2.15. The Bertz CT molecular complexity index is 862. The topological polar surface area (TPSA) is 47.8 Å². The van der Waals surface area contributed by atoms with Crippen LogP contribution in [0.2, 0.25) is 0 Å². The minimum absolute atomic E-state index is 0.241. The van der Waals surface area contributed by atoms with Crippen molar-refractivity contribution in [1.82, 2.24) is 9.38 Å². The van der Waals surface area contributed by atoms with Crippen LogP contribution >= 0.6 is 0 Å². The molecule has 0 amide bonds. The minimum Gasteiger partial charge on any atom is -0.497 e. The molecule has 0 unspecified atom stereocenters. The van der Waals surface area contributed by atoms with Crippen LogP contribution in [0.5, 0.6) is 17.2 Å². The van der Waals surface area contributed by atoms with Gasteiger partial charge in [-0.25, -0.2) is 4.98 Å². The van der Waals surface area contributed by atoms with Crippen LogP contribution in [-0.4, -0.2) is 29.2 Å². The Morgan fingerprint density at radius 2 is 1.96 bits per heavy atom. The average molecular weight is 351 g/mol. The van der Waals surface area contributed by atoms with E-state index in [-0.39, 0.29) is 6.54 Å². The zero-order valence-electron chi connectivity index (χ0n) is 13.4. The number of aromatic nitrogens is 2. The monoisotopic (exact) mass is 351 g/mol. The molecule has 5 nitrogen and oxygen atoms in total. The van der Waals surface area contributed by atoms with Gasteiger partial charge in [0.05, 0.1) is 25.4 Å². The molecule has 0 aliphatic heterocycles. The quantitative estimate of drug-likeness (QED) is 0.710. The first-order chi connectivity index (χ1) is 11.9. The minimum atomic E-state index is -4.21. The van der Waals surface area contributed by atoms with Crippen molar-refractivity contribution in [3.63, 3.8) is 0 Å². The molecular formula is C17H16F3N3O2. The second-order valence-corrected chi connectivity index (χ2v) is 5.32. The van der Waals surface area contributed by atoms with Gasteiger partial charge in [0.1, 0.15) is 17.2 Å². The zero-order valence-corrected chi connectivity index (χ0v) is 13.4. The molecule has 0 radical (unpaired) electrons. The summed E-state index contributed by atoms with van der Waals surface area (Å²) in [6.45, 7) is -0.241. The van der Waals surface area contributed by atoms with Crippen molar-refractivity contribution < 1.29 is 22.6 Å². The average Bonchev–Trinajstić information content (AvgIpc) is 3.02. The predicted octanol–water partition coefficient (Wildman–Crippen LogP) is 4.50. The molecule has 2 aromatic heterocycles. The highest BCUT2D eigenvalue weighted by molar-refractivity contribution is 5.69. The van der Waals surface area contributed by atoms with Crippen molar-refractivity contribution in [2.24, 2.45) is 0 Å². The van der Waals surface area contributed by atoms with E-state index in [0.717, 1.165) is 0 Å². The summed E-state index contributed by atoms with van der Waals surface area (Å²) in [5, 5.41) is 2.77. The number of hydrogen-bond acceptors (Lipinski definition) is 4. The molecule has 2 heterocycles. The van der Waals surface area contributed by atoms with E-state index in [1.807, 2.05) is 0 Å². The number of pyridine rings is 1. The highest BCUT2D eigenvalue weighted by Gasteiger charge is 2.26. The third-order valence-electron chi connectivity index (χ3n) is 3.46. The largest absolute Gasteiger partial charge is 0.497 e. The SMILES string of the molecule is COc1cccc(Oc2cc(NCCC(F)(F)F)c3nccn3c2)c1. The second-order valence-electron chi connectivity index (χ2n) is 5.32. The van der Waals surface area contributed by atoms with Crippen LogP contribution in [0, 0.1) is 0 Å². The van der Waals surface area contributed by atoms with Crippen molar-refractivity contribution >= 4 is 11.3 Å². The molecule has 25 heavy (non-hydrogen) atoms. The van der Waals surface area contributed by atoms with Crippen molar-refractivity contribution in [1.29, 1.82) is 0 Å². The summed E-state index contributed by atoms with van der Waals surface area (Å²) >= 11 is 0. The van der Waals surface area contributed by atoms with Gasteiger partial charge in [-0.1, -0.05) is 6.07 Å². The fourth-order valence-corrected chi connectivity index (χ4v) is 2.33. The molecule has 0 atom stereocenters. The molecule has 0 saturated heterocycles. The predicted molar refractivity (Wildman–Crippen MR) is 87.4 cm³/mol. The van der Waals surface area contributed by atoms with Crippen molar-refractivity contribution in [3.8, 4) is 17.2 Å². The van der Waals surface area contributed by atoms with E-state index in [4.69, 9.17) is 9.47 Å². The lowest BCUT2D eigenvalue weighted by atomic mass is 10.3. The standard InChI is InChI=1S/C17H16F3N3O2/c1-24-12-3-2-4-13(9-12)25-14-10-15(21-6-5-17(18,19)20)16-22-7-8-23(16)11-14/h2-4,7-11,21H,5-6H2,1H3. The summed E-state index contributed by atoms with van der Waals surface area (Å²) in [7, 11) is 1.55. The van der Waals surface area contributed by atoms with Gasteiger partial charge in [0.2, 0.25) is 0 Å². The fraction of sp³-hybridized carbons (Fsp3) is 0.235. The van der Waals surface area contributed by atoms with Crippen molar-refractivity contribution in [3.05, 3.63) is 48.9 Å². The Morgan fingerprint density at radius 1 is 1.16 bits per heavy atom. The number of nitrogens with one attached hydrogen (secondary N) is 1. The molecule has 132 valence electrons. The zero-order chi connectivity index (χ0) is 17.9. The number of nitrogens with zero attached hydrogens (tertiary/aromatic N) is 2. The van der Waals surface area contributed by atoms with Crippen LogP contribution in [0.25, 0.3) is 5.65 Å². The van der Waals surface area contributed by atoms with Gasteiger partial charge in [0.25, 0.3) is 0 Å². The van der Waals surface area contributed by atoms with Crippen molar-refractivity contribution in [2.75, 3.05) is 19.0 Å². The van der Waals surface area contributed by atoms with Gasteiger partial charge in [0.15, 0.2) is 5.65 Å². The number of hydrogen-bond donors (Lipinski definition) is 1. The van der Waals surface area contributed by atoms with Crippen molar-refractivity contribution in [2.45, 2.75) is 12.6 Å². The Morgan fingerprint density at radius 3 is 2.72 bits per heavy atom. The van der Waals surface area contributed by atoms with E-state index in [1.54, 1.807) is 60.4 Å². The number of anilines is 1. The van der Waals surface area contributed by atoms with Gasteiger partial charge in [-0.05, 0) is 12.1 Å². The molecule has 0 aliphatic rings. The first kappa shape index (κ1) is 16.9. The number of halogens is 3. The highest BCUT2D eigenvalue weighted by atomic mass is 19.4. The van der Waals surface area contributed by atoms with E-state index in [1.165, 1.54) is 0 Å². The van der Waals surface area contributed by atoms with Crippen LogP contribution in [0.1, 0.15) is 6.42 Å². The van der Waals surface area contributed by atoms with Gasteiger partial charge >= 0.3 is 6.18 Å². The molecule has 1 aromatic carbocycles. The Kier molecular flexibility index (Phi) is 4.69. The number of fused-ring (bicyclic) bond motifs is 1. The van der Waals surface area contributed by atoms with E-state index < -0.39 is 12.6 Å². The summed E-state index contributed by atoms with van der Waals surface area (Å²) < 4.78 is 49.7. The van der Waals surface area contributed by atoms with Crippen LogP contribution in [0.3, 0.4) is 0 Å². The fourth-order valence-electron chi connectivity index (χ4n) is 2.33. The van der Waals surface area contributed by atoms with Gasteiger partial charge in [-0.15, -0.1) is 0 Å². The normalized spacial score (nSPS) is 11.5. The highest BCUT2D eigenvalue weighted by Crippen LogP contribution is 2.29. The maximum Gasteiger partial charge on any atom is 0.390 e. The summed E-state index contributed by atoms with van der Waals surface area (Å²) in [6, 6.07) is 8.67. The summed E-state index contributed by atoms with van der Waals surface area (Å²) in [4.78, 5) is 4.15. The first-order valence-electron chi connectivity index (χ1n) is 7.54. The molecular weight excluding hydrogens is 335 g/mol. The molecule has 0 bridgehead atoms. The van der Waals surface area contributed by atoms with Gasteiger partial charge in [0, 0.05) is 31.1 Å². The maximum atomic E-state index is 12.4. The van der Waals surface area contributed by atoms with E-state index in [2.05, 4.69) is 10.3 Å². The maximum absolute atomic E-state index is 12.4. The lowest BCUT2D eigenvalue weighted by Gasteiger charge is -2.13. The lowest BCUT2D eigenvalue weighted by molar-refractivity contribution is -0.131. The van der Waals surface area contributed by atoms with E-state index >= 15 is 0 Å². The number of imidazole rings is 1. The van der Waals surface area contributed by atoms with Gasteiger partial charge < -0.3 is 19.2 Å². The number of ether oxygens (including phenoxy) is 2. The molecule has 1 N–H and O–H groups in total. The number of alkyl halides is 3. The molecule has 0 spiro atoms. The van der Waals surface area contributed by atoms with Crippen LogP contribution < -0.4 is 14.8 Å². The molecule has 8 heteroatoms. The Labute approximate surface area is 142 Å². The molecule has 3 aromatic rings.